The molecule has 0 unspecified atom stereocenters. The van der Waals surface area contributed by atoms with E-state index in [-0.39, 0.29) is 0 Å². The van der Waals surface area contributed by atoms with Gasteiger partial charge < -0.3 is 9.30 Å². The Kier molecular flexibility index (Phi) is 5.87. The fraction of sp³-hybridized carbons (Fsp3) is 0.227. The number of hydrazone groups is 1. The number of anilines is 1. The quantitative estimate of drug-likeness (QED) is 0.380. The van der Waals surface area contributed by atoms with E-state index in [1.807, 2.05) is 31.2 Å². The van der Waals surface area contributed by atoms with Crippen LogP contribution >= 0.6 is 0 Å². The average Bonchev–Trinajstić information content (AvgIpc) is 2.94. The largest absolute Gasteiger partial charge is 0.380 e. The molecular weight excluding hydrogens is 350 g/mol. The van der Waals surface area contributed by atoms with Crippen LogP contribution in [0.5, 0.6) is 0 Å². The SMILES string of the molecule is C=CCn1c(C)c(C=NNc2nc(C)cc(COC)c2C#N)c2ccccc21. The first kappa shape index (κ1) is 19.3. The standard InChI is InChI=1S/C22H23N5O/c1-5-10-27-16(3)20(18-8-6-7-9-21(18)27)13-24-26-22-19(12-23)17(14-28-4)11-15(2)25-22/h5-9,11,13H,1,10,14H2,2-4H3,(H,25,26). The highest BCUT2D eigenvalue weighted by atomic mass is 16.5. The van der Waals surface area contributed by atoms with Crippen molar-refractivity contribution in [1.82, 2.24) is 9.55 Å². The number of fused-ring (bicyclic) bond motifs is 1. The summed E-state index contributed by atoms with van der Waals surface area (Å²) in [7, 11) is 1.60. The zero-order chi connectivity index (χ0) is 20.1. The molecule has 28 heavy (non-hydrogen) atoms. The highest BCUT2D eigenvalue weighted by Crippen LogP contribution is 2.25. The minimum absolute atomic E-state index is 0.346. The lowest BCUT2D eigenvalue weighted by Gasteiger charge is -2.09. The Hall–Kier alpha value is -3.43. The van der Waals surface area contributed by atoms with Gasteiger partial charge in [-0.1, -0.05) is 24.3 Å². The van der Waals surface area contributed by atoms with E-state index in [1.54, 1.807) is 13.3 Å². The second kappa shape index (κ2) is 8.51. The van der Waals surface area contributed by atoms with Crippen molar-refractivity contribution in [3.8, 4) is 6.07 Å². The molecule has 0 atom stereocenters. The van der Waals surface area contributed by atoms with Crippen molar-refractivity contribution in [1.29, 1.82) is 5.26 Å². The number of nitrogens with zero attached hydrogens (tertiary/aromatic N) is 4. The van der Waals surface area contributed by atoms with Crippen LogP contribution in [-0.2, 0) is 17.9 Å². The van der Waals surface area contributed by atoms with Gasteiger partial charge in [0.15, 0.2) is 5.82 Å². The van der Waals surface area contributed by atoms with E-state index >= 15 is 0 Å². The van der Waals surface area contributed by atoms with Crippen LogP contribution in [0, 0.1) is 25.2 Å². The number of pyridine rings is 1. The fourth-order valence-corrected chi connectivity index (χ4v) is 3.36. The van der Waals surface area contributed by atoms with Crippen molar-refractivity contribution in [2.24, 2.45) is 5.10 Å². The molecule has 142 valence electrons. The topological polar surface area (TPSA) is 75.2 Å². The third-order valence-corrected chi connectivity index (χ3v) is 4.60. The van der Waals surface area contributed by atoms with Gasteiger partial charge in [0.2, 0.25) is 0 Å². The Labute approximate surface area is 164 Å². The second-order valence-electron chi connectivity index (χ2n) is 6.48. The van der Waals surface area contributed by atoms with Crippen LogP contribution in [0.1, 0.15) is 28.1 Å². The lowest BCUT2D eigenvalue weighted by atomic mass is 10.1. The molecule has 0 saturated heterocycles. The van der Waals surface area contributed by atoms with Crippen molar-refractivity contribution < 1.29 is 4.74 Å². The molecule has 0 saturated carbocycles. The van der Waals surface area contributed by atoms with Gasteiger partial charge in [-0.3, -0.25) is 5.43 Å². The summed E-state index contributed by atoms with van der Waals surface area (Å²) in [4.78, 5) is 4.42. The highest BCUT2D eigenvalue weighted by molar-refractivity contribution is 6.01. The van der Waals surface area contributed by atoms with Gasteiger partial charge in [0.25, 0.3) is 0 Å². The van der Waals surface area contributed by atoms with Crippen molar-refractivity contribution in [3.63, 3.8) is 0 Å². The number of benzene rings is 1. The molecule has 0 radical (unpaired) electrons. The van der Waals surface area contributed by atoms with E-state index < -0.39 is 0 Å². The number of para-hydroxylation sites is 1. The van der Waals surface area contributed by atoms with Gasteiger partial charge in [-0.2, -0.15) is 10.4 Å². The first-order valence-corrected chi connectivity index (χ1v) is 8.98. The molecule has 0 aliphatic carbocycles. The Morgan fingerprint density at radius 3 is 2.86 bits per heavy atom. The average molecular weight is 373 g/mol. The molecule has 0 spiro atoms. The third kappa shape index (κ3) is 3.66. The number of ether oxygens (including phenoxy) is 1. The number of rotatable bonds is 7. The molecule has 3 aromatic rings. The molecule has 0 bridgehead atoms. The lowest BCUT2D eigenvalue weighted by Crippen LogP contribution is -2.04. The van der Waals surface area contributed by atoms with E-state index in [4.69, 9.17) is 4.74 Å². The van der Waals surface area contributed by atoms with E-state index in [0.717, 1.165) is 40.0 Å². The molecule has 1 aromatic carbocycles. The first-order valence-electron chi connectivity index (χ1n) is 8.98. The van der Waals surface area contributed by atoms with Crippen LogP contribution in [-0.4, -0.2) is 22.9 Å². The fourth-order valence-electron chi connectivity index (χ4n) is 3.36. The summed E-state index contributed by atoms with van der Waals surface area (Å²) in [6.07, 6.45) is 3.66. The van der Waals surface area contributed by atoms with Gasteiger partial charge in [0, 0.05) is 47.1 Å². The van der Waals surface area contributed by atoms with Gasteiger partial charge in [0.05, 0.1) is 12.8 Å². The van der Waals surface area contributed by atoms with E-state index in [9.17, 15) is 5.26 Å². The minimum atomic E-state index is 0.346. The molecule has 3 rings (SSSR count). The molecule has 2 aromatic heterocycles. The summed E-state index contributed by atoms with van der Waals surface area (Å²) in [6, 6.07) is 12.2. The van der Waals surface area contributed by atoms with E-state index in [2.05, 4.69) is 51.8 Å². The number of aryl methyl sites for hydroxylation is 1. The zero-order valence-corrected chi connectivity index (χ0v) is 16.4. The lowest BCUT2D eigenvalue weighted by molar-refractivity contribution is 0.184. The summed E-state index contributed by atoms with van der Waals surface area (Å²) in [5, 5.41) is 15.0. The predicted octanol–water partition coefficient (Wildman–Crippen LogP) is 4.30. The van der Waals surface area contributed by atoms with Crippen LogP contribution in [0.2, 0.25) is 0 Å². The maximum Gasteiger partial charge on any atom is 0.164 e. The molecule has 0 amide bonds. The summed E-state index contributed by atoms with van der Waals surface area (Å²) >= 11 is 0. The van der Waals surface area contributed by atoms with Crippen LogP contribution in [0.3, 0.4) is 0 Å². The number of hydrogen-bond donors (Lipinski definition) is 1. The Morgan fingerprint density at radius 2 is 2.14 bits per heavy atom. The summed E-state index contributed by atoms with van der Waals surface area (Å²) in [5.41, 5.74) is 8.21. The summed E-state index contributed by atoms with van der Waals surface area (Å²) in [5.74, 6) is 0.429. The van der Waals surface area contributed by atoms with Gasteiger partial charge in [0.1, 0.15) is 11.6 Å². The van der Waals surface area contributed by atoms with Crippen LogP contribution in [0.15, 0.2) is 48.1 Å². The zero-order valence-electron chi connectivity index (χ0n) is 16.4. The number of nitriles is 1. The molecular formula is C22H23N5O. The number of hydrogen-bond acceptors (Lipinski definition) is 5. The molecule has 0 fully saturated rings. The number of aromatic nitrogens is 2. The minimum Gasteiger partial charge on any atom is -0.380 e. The Balaban J connectivity index is 1.98. The predicted molar refractivity (Wildman–Crippen MR) is 112 cm³/mol. The molecule has 2 heterocycles. The smallest absolute Gasteiger partial charge is 0.164 e. The summed E-state index contributed by atoms with van der Waals surface area (Å²) < 4.78 is 7.39. The van der Waals surface area contributed by atoms with Gasteiger partial charge in [-0.15, -0.1) is 6.58 Å². The van der Waals surface area contributed by atoms with E-state index in [1.165, 1.54) is 0 Å². The number of methoxy groups -OCH3 is 1. The van der Waals surface area contributed by atoms with Crippen LogP contribution in [0.4, 0.5) is 5.82 Å². The molecule has 6 nitrogen and oxygen atoms in total. The van der Waals surface area contributed by atoms with Crippen LogP contribution < -0.4 is 5.43 Å². The Bertz CT molecular complexity index is 1090. The first-order chi connectivity index (χ1) is 13.6. The Morgan fingerprint density at radius 1 is 1.36 bits per heavy atom. The molecule has 1 N–H and O–H groups in total. The molecule has 0 aliphatic rings. The second-order valence-corrected chi connectivity index (χ2v) is 6.48. The highest BCUT2D eigenvalue weighted by Gasteiger charge is 2.13. The van der Waals surface area contributed by atoms with Crippen LogP contribution in [0.25, 0.3) is 10.9 Å². The number of nitrogens with one attached hydrogen (secondary N) is 1. The van der Waals surface area contributed by atoms with Crippen molar-refractivity contribution in [2.45, 2.75) is 27.0 Å². The van der Waals surface area contributed by atoms with Gasteiger partial charge >= 0.3 is 0 Å². The van der Waals surface area contributed by atoms with Crippen molar-refractivity contribution >= 4 is 22.9 Å². The van der Waals surface area contributed by atoms with Crippen molar-refractivity contribution in [2.75, 3.05) is 12.5 Å². The third-order valence-electron chi connectivity index (χ3n) is 4.60. The van der Waals surface area contributed by atoms with Crippen molar-refractivity contribution in [3.05, 3.63) is 71.1 Å². The molecule has 6 heteroatoms. The maximum absolute atomic E-state index is 9.53. The van der Waals surface area contributed by atoms with Gasteiger partial charge in [-0.25, -0.2) is 4.98 Å². The van der Waals surface area contributed by atoms with E-state index in [0.29, 0.717) is 18.0 Å². The maximum atomic E-state index is 9.53. The normalized spacial score (nSPS) is 11.1. The summed E-state index contributed by atoms with van der Waals surface area (Å²) in [6.45, 7) is 8.86. The monoisotopic (exact) mass is 373 g/mol. The molecule has 0 aliphatic heterocycles. The van der Waals surface area contributed by atoms with Gasteiger partial charge in [-0.05, 0) is 26.0 Å². The number of allylic oxidation sites excluding steroid dienone is 1.